The Morgan fingerprint density at radius 2 is 2.37 bits per heavy atom. The van der Waals surface area contributed by atoms with Crippen LogP contribution < -0.4 is 5.32 Å². The van der Waals surface area contributed by atoms with Gasteiger partial charge in [-0.1, -0.05) is 15.9 Å². The molecule has 0 saturated carbocycles. The quantitative estimate of drug-likeness (QED) is 0.681. The molecule has 0 aliphatic carbocycles. The number of nitro groups is 1. The van der Waals surface area contributed by atoms with Gasteiger partial charge in [0.15, 0.2) is 0 Å². The van der Waals surface area contributed by atoms with Crippen molar-refractivity contribution in [2.45, 2.75) is 38.5 Å². The Morgan fingerprint density at radius 1 is 1.58 bits per heavy atom. The summed E-state index contributed by atoms with van der Waals surface area (Å²) in [6.07, 6.45) is 2.31. The van der Waals surface area contributed by atoms with Crippen LogP contribution in [0.5, 0.6) is 0 Å². The Morgan fingerprint density at radius 3 is 3.00 bits per heavy atom. The molecular formula is C13H17BrN2O3. The summed E-state index contributed by atoms with van der Waals surface area (Å²) in [5.74, 6) is 0. The maximum Gasteiger partial charge on any atom is 0.270 e. The van der Waals surface area contributed by atoms with Gasteiger partial charge in [-0.3, -0.25) is 10.1 Å². The second-order valence-electron chi connectivity index (χ2n) is 4.82. The molecule has 0 spiro atoms. The molecule has 2 rings (SSSR count). The molecule has 6 heteroatoms. The van der Waals surface area contributed by atoms with E-state index in [1.54, 1.807) is 12.1 Å². The zero-order valence-corrected chi connectivity index (χ0v) is 12.4. The third-order valence-corrected chi connectivity index (χ3v) is 4.05. The highest BCUT2D eigenvalue weighted by Crippen LogP contribution is 2.23. The molecule has 0 bridgehead atoms. The van der Waals surface area contributed by atoms with Crippen molar-refractivity contribution in [2.75, 3.05) is 6.61 Å². The number of nitrogens with one attached hydrogen (secondary N) is 1. The Labute approximate surface area is 120 Å². The van der Waals surface area contributed by atoms with Crippen molar-refractivity contribution in [3.05, 3.63) is 38.3 Å². The van der Waals surface area contributed by atoms with Gasteiger partial charge in [-0.15, -0.1) is 0 Å². The minimum atomic E-state index is -0.387. The number of hydrogen-bond donors (Lipinski definition) is 1. The van der Waals surface area contributed by atoms with Crippen molar-refractivity contribution in [1.82, 2.24) is 5.32 Å². The van der Waals surface area contributed by atoms with E-state index in [4.69, 9.17) is 4.74 Å². The van der Waals surface area contributed by atoms with E-state index in [0.29, 0.717) is 18.7 Å². The highest BCUT2D eigenvalue weighted by atomic mass is 79.9. The zero-order chi connectivity index (χ0) is 13.8. The van der Waals surface area contributed by atoms with Crippen molar-refractivity contribution in [3.8, 4) is 0 Å². The Hall–Kier alpha value is -0.980. The molecule has 1 aliphatic rings. The van der Waals surface area contributed by atoms with Crippen LogP contribution in [0.3, 0.4) is 0 Å². The zero-order valence-electron chi connectivity index (χ0n) is 10.8. The summed E-state index contributed by atoms with van der Waals surface area (Å²) in [6, 6.07) is 5.32. The predicted molar refractivity (Wildman–Crippen MR) is 76.1 cm³/mol. The van der Waals surface area contributed by atoms with Crippen LogP contribution in [-0.4, -0.2) is 23.7 Å². The molecule has 104 valence electrons. The fraction of sp³-hybridized carbons (Fsp3) is 0.538. The van der Waals surface area contributed by atoms with E-state index in [9.17, 15) is 10.1 Å². The highest BCUT2D eigenvalue weighted by molar-refractivity contribution is 9.10. The average Bonchev–Trinajstić information content (AvgIpc) is 2.37. The summed E-state index contributed by atoms with van der Waals surface area (Å²) in [7, 11) is 0. The molecule has 1 aliphatic heterocycles. The van der Waals surface area contributed by atoms with Crippen LogP contribution >= 0.6 is 15.9 Å². The van der Waals surface area contributed by atoms with Gasteiger partial charge in [-0.2, -0.15) is 0 Å². The number of nitro benzene ring substituents is 1. The van der Waals surface area contributed by atoms with Crippen molar-refractivity contribution in [1.29, 1.82) is 0 Å². The standard InChI is InChI=1S/C13H17BrN2O3/c1-9-6-11(4-5-19-9)15-8-10-2-3-12(16(17)18)7-13(10)14/h2-3,7,9,11,15H,4-6,8H2,1H3. The maximum absolute atomic E-state index is 10.7. The Bertz CT molecular complexity index is 467. The Kier molecular flexibility index (Phi) is 4.90. The summed E-state index contributed by atoms with van der Waals surface area (Å²) in [5.41, 5.74) is 1.14. The summed E-state index contributed by atoms with van der Waals surface area (Å²) in [5, 5.41) is 14.1. The van der Waals surface area contributed by atoms with Gasteiger partial charge >= 0.3 is 0 Å². The molecule has 1 saturated heterocycles. The van der Waals surface area contributed by atoms with Crippen molar-refractivity contribution in [3.63, 3.8) is 0 Å². The van der Waals surface area contributed by atoms with Gasteiger partial charge in [0.05, 0.1) is 11.0 Å². The first-order valence-electron chi connectivity index (χ1n) is 6.34. The van der Waals surface area contributed by atoms with Crippen LogP contribution in [0.15, 0.2) is 22.7 Å². The second kappa shape index (κ2) is 6.45. The highest BCUT2D eigenvalue weighted by Gasteiger charge is 2.19. The molecule has 1 heterocycles. The fourth-order valence-electron chi connectivity index (χ4n) is 2.23. The lowest BCUT2D eigenvalue weighted by Gasteiger charge is -2.28. The third kappa shape index (κ3) is 3.99. The fourth-order valence-corrected chi connectivity index (χ4v) is 2.74. The van der Waals surface area contributed by atoms with E-state index < -0.39 is 0 Å². The molecule has 2 unspecified atom stereocenters. The van der Waals surface area contributed by atoms with E-state index >= 15 is 0 Å². The number of hydrogen-bond acceptors (Lipinski definition) is 4. The first-order valence-corrected chi connectivity index (χ1v) is 7.13. The van der Waals surface area contributed by atoms with Gasteiger partial charge in [0.1, 0.15) is 0 Å². The van der Waals surface area contributed by atoms with E-state index in [-0.39, 0.29) is 10.6 Å². The van der Waals surface area contributed by atoms with Crippen LogP contribution in [0.4, 0.5) is 5.69 Å². The SMILES string of the molecule is CC1CC(NCc2ccc([N+](=O)[O-])cc2Br)CCO1. The number of non-ortho nitro benzene ring substituents is 1. The van der Waals surface area contributed by atoms with Gasteiger partial charge in [0.2, 0.25) is 0 Å². The molecule has 1 N–H and O–H groups in total. The largest absolute Gasteiger partial charge is 0.378 e. The summed E-state index contributed by atoms with van der Waals surface area (Å²) in [6.45, 7) is 3.58. The molecule has 1 aromatic rings. The minimum absolute atomic E-state index is 0.107. The predicted octanol–water partition coefficient (Wildman–Crippen LogP) is 3.01. The molecule has 19 heavy (non-hydrogen) atoms. The van der Waals surface area contributed by atoms with Gasteiger partial charge in [-0.25, -0.2) is 0 Å². The van der Waals surface area contributed by atoms with E-state index in [1.807, 2.05) is 0 Å². The van der Waals surface area contributed by atoms with E-state index in [0.717, 1.165) is 29.5 Å². The third-order valence-electron chi connectivity index (χ3n) is 3.31. The van der Waals surface area contributed by atoms with Crippen LogP contribution in [0.1, 0.15) is 25.3 Å². The minimum Gasteiger partial charge on any atom is -0.378 e. The molecular weight excluding hydrogens is 312 g/mol. The number of benzene rings is 1. The first kappa shape index (κ1) is 14.4. The van der Waals surface area contributed by atoms with Gasteiger partial charge in [-0.05, 0) is 31.4 Å². The van der Waals surface area contributed by atoms with Crippen LogP contribution in [-0.2, 0) is 11.3 Å². The summed E-state index contributed by atoms with van der Waals surface area (Å²) >= 11 is 3.38. The van der Waals surface area contributed by atoms with Gasteiger partial charge in [0, 0.05) is 35.8 Å². The number of halogens is 1. The summed E-state index contributed by atoms with van der Waals surface area (Å²) < 4.78 is 6.27. The van der Waals surface area contributed by atoms with Crippen molar-refractivity contribution >= 4 is 21.6 Å². The van der Waals surface area contributed by atoms with Crippen LogP contribution in [0.2, 0.25) is 0 Å². The lowest BCUT2D eigenvalue weighted by atomic mass is 10.0. The lowest BCUT2D eigenvalue weighted by Crippen LogP contribution is -2.37. The molecule has 0 radical (unpaired) electrons. The second-order valence-corrected chi connectivity index (χ2v) is 5.67. The average molecular weight is 329 g/mol. The maximum atomic E-state index is 10.7. The normalized spacial score (nSPS) is 23.3. The van der Waals surface area contributed by atoms with Crippen molar-refractivity contribution < 1.29 is 9.66 Å². The molecule has 5 nitrogen and oxygen atoms in total. The molecule has 1 fully saturated rings. The molecule has 0 aromatic heterocycles. The van der Waals surface area contributed by atoms with Gasteiger partial charge < -0.3 is 10.1 Å². The molecule has 1 aromatic carbocycles. The molecule has 2 atom stereocenters. The van der Waals surface area contributed by atoms with Gasteiger partial charge in [0.25, 0.3) is 5.69 Å². The van der Waals surface area contributed by atoms with Crippen LogP contribution in [0, 0.1) is 10.1 Å². The Balaban J connectivity index is 1.94. The van der Waals surface area contributed by atoms with E-state index in [1.165, 1.54) is 6.07 Å². The summed E-state index contributed by atoms with van der Waals surface area (Å²) in [4.78, 5) is 10.3. The topological polar surface area (TPSA) is 64.4 Å². The number of ether oxygens (including phenoxy) is 1. The van der Waals surface area contributed by atoms with Crippen molar-refractivity contribution in [2.24, 2.45) is 0 Å². The number of nitrogens with zero attached hydrogens (tertiary/aromatic N) is 1. The lowest BCUT2D eigenvalue weighted by molar-refractivity contribution is -0.384. The number of rotatable bonds is 4. The smallest absolute Gasteiger partial charge is 0.270 e. The monoisotopic (exact) mass is 328 g/mol. The van der Waals surface area contributed by atoms with E-state index in [2.05, 4.69) is 28.2 Å². The van der Waals surface area contributed by atoms with Crippen LogP contribution in [0.25, 0.3) is 0 Å². The molecule has 0 amide bonds. The first-order chi connectivity index (χ1) is 9.06.